The van der Waals surface area contributed by atoms with Gasteiger partial charge in [0.2, 0.25) is 0 Å². The van der Waals surface area contributed by atoms with Gasteiger partial charge in [0.05, 0.1) is 6.20 Å². The molecule has 5 nitrogen and oxygen atoms in total. The number of rotatable bonds is 14. The Morgan fingerprint density at radius 1 is 1.15 bits per heavy atom. The van der Waals surface area contributed by atoms with Crippen LogP contribution in [-0.2, 0) is 0 Å². The second-order valence-electron chi connectivity index (χ2n) is 10.7. The van der Waals surface area contributed by atoms with Gasteiger partial charge in [0.25, 0.3) is 0 Å². The van der Waals surface area contributed by atoms with E-state index < -0.39 is 0 Å². The van der Waals surface area contributed by atoms with Crippen LogP contribution in [0.1, 0.15) is 104 Å². The Morgan fingerprint density at radius 3 is 2.48 bits per heavy atom. The molecule has 0 bridgehead atoms. The van der Waals surface area contributed by atoms with Gasteiger partial charge in [0.1, 0.15) is 13.7 Å². The van der Waals surface area contributed by atoms with Crippen LogP contribution in [-0.4, -0.2) is 40.7 Å². The molecular formula is C34H53BN4O. The number of hydrogen-bond donors (Lipinski definition) is 2. The fraction of sp³-hybridized carbons (Fsp3) is 0.529. The number of aliphatic hydroxyl groups is 1. The molecule has 0 saturated heterocycles. The van der Waals surface area contributed by atoms with Crippen LogP contribution in [0, 0.1) is 5.92 Å². The van der Waals surface area contributed by atoms with Gasteiger partial charge in [-0.1, -0.05) is 121 Å². The lowest BCUT2D eigenvalue weighted by molar-refractivity contribution is 0.282. The summed E-state index contributed by atoms with van der Waals surface area (Å²) in [4.78, 5) is 4.43. The van der Waals surface area contributed by atoms with Gasteiger partial charge in [0, 0.05) is 18.7 Å². The van der Waals surface area contributed by atoms with Gasteiger partial charge < -0.3 is 10.4 Å². The number of aliphatic hydroxyl groups excluding tert-OH is 1. The summed E-state index contributed by atoms with van der Waals surface area (Å²) < 4.78 is 1.84. The quantitative estimate of drug-likeness (QED) is 0.144. The number of nitrogens with one attached hydrogen (secondary N) is 1. The summed E-state index contributed by atoms with van der Waals surface area (Å²) in [5.74, 6) is 1.77. The highest BCUT2D eigenvalue weighted by atomic mass is 16.2. The van der Waals surface area contributed by atoms with E-state index in [9.17, 15) is 0 Å². The molecule has 1 aliphatic rings. The molecular weight excluding hydrogens is 491 g/mol. The Kier molecular flexibility index (Phi) is 19.3. The standard InChI is InChI=1S/C16H19BN4.C15H26O.C3H8/c1-11(2)13-10-19-21-15(8-14(17)20-16(13)21)18-9-12-6-4-3-5-7-12;1-3-4-9-12-15(2)13-10-7-5-6-8-11-14-16;1-3-2/h3-6,8,10-12,18H,7,9H2,1-2H3;3-4,9,12,16H,1,5-8,10-11,13-14H2,2H3;3H2,1-2H3/b;9-4-,15-12+;. The van der Waals surface area contributed by atoms with Crippen LogP contribution >= 0.6 is 0 Å². The zero-order valence-corrected chi connectivity index (χ0v) is 25.8. The maximum atomic E-state index is 8.62. The second kappa shape index (κ2) is 21.9. The van der Waals surface area contributed by atoms with Gasteiger partial charge in [-0.05, 0) is 56.1 Å². The van der Waals surface area contributed by atoms with E-state index in [1.165, 1.54) is 50.5 Å². The Bertz CT molecular complexity index is 1080. The Balaban J connectivity index is 0.000000378. The minimum absolute atomic E-state index is 0.345. The van der Waals surface area contributed by atoms with E-state index in [0.29, 0.717) is 24.0 Å². The largest absolute Gasteiger partial charge is 0.396 e. The predicted octanol–water partition coefficient (Wildman–Crippen LogP) is 8.00. The van der Waals surface area contributed by atoms with Gasteiger partial charge in [0.15, 0.2) is 5.65 Å². The number of unbranched alkanes of at least 4 members (excludes halogenated alkanes) is 5. The van der Waals surface area contributed by atoms with E-state index in [-0.39, 0.29) is 0 Å². The topological polar surface area (TPSA) is 62.5 Å². The first-order valence-corrected chi connectivity index (χ1v) is 15.1. The molecule has 218 valence electrons. The summed E-state index contributed by atoms with van der Waals surface area (Å²) in [5.41, 5.74) is 3.91. The van der Waals surface area contributed by atoms with Crippen LogP contribution in [0.3, 0.4) is 0 Å². The van der Waals surface area contributed by atoms with Crippen molar-refractivity contribution in [3.05, 3.63) is 78.6 Å². The average Bonchev–Trinajstić information content (AvgIpc) is 3.37. The third kappa shape index (κ3) is 14.5. The van der Waals surface area contributed by atoms with Crippen molar-refractivity contribution in [2.45, 2.75) is 98.3 Å². The van der Waals surface area contributed by atoms with Gasteiger partial charge in [-0.3, -0.25) is 0 Å². The lowest BCUT2D eigenvalue weighted by atomic mass is 10.0. The lowest BCUT2D eigenvalue weighted by Gasteiger charge is -2.16. The number of fused-ring (bicyclic) bond motifs is 1. The summed E-state index contributed by atoms with van der Waals surface area (Å²) in [7, 11) is 5.94. The number of anilines is 1. The predicted molar refractivity (Wildman–Crippen MR) is 176 cm³/mol. The van der Waals surface area contributed by atoms with E-state index in [1.807, 2.05) is 28.9 Å². The molecule has 2 N–H and O–H groups in total. The smallest absolute Gasteiger partial charge is 0.160 e. The van der Waals surface area contributed by atoms with Crippen molar-refractivity contribution in [2.24, 2.45) is 5.92 Å². The molecule has 2 aromatic rings. The average molecular weight is 545 g/mol. The molecule has 1 aliphatic carbocycles. The molecule has 1 unspecified atom stereocenters. The van der Waals surface area contributed by atoms with Crippen LogP contribution < -0.4 is 10.9 Å². The summed E-state index contributed by atoms with van der Waals surface area (Å²) >= 11 is 0. The van der Waals surface area contributed by atoms with E-state index >= 15 is 0 Å². The summed E-state index contributed by atoms with van der Waals surface area (Å²) in [6.07, 6.45) is 29.2. The third-order valence-electron chi connectivity index (χ3n) is 6.36. The van der Waals surface area contributed by atoms with Crippen LogP contribution in [0.25, 0.3) is 5.65 Å². The molecule has 2 radical (unpaired) electrons. The monoisotopic (exact) mass is 544 g/mol. The number of aromatic nitrogens is 3. The number of nitrogens with zero attached hydrogens (tertiary/aromatic N) is 3. The third-order valence-corrected chi connectivity index (χ3v) is 6.36. The van der Waals surface area contributed by atoms with Crippen LogP contribution in [0.5, 0.6) is 0 Å². The molecule has 40 heavy (non-hydrogen) atoms. The van der Waals surface area contributed by atoms with Gasteiger partial charge in [-0.25, -0.2) is 4.98 Å². The van der Waals surface area contributed by atoms with Crippen molar-refractivity contribution in [3.8, 4) is 0 Å². The molecule has 0 aliphatic heterocycles. The van der Waals surface area contributed by atoms with Crippen molar-refractivity contribution in [1.82, 2.24) is 14.6 Å². The molecule has 0 fully saturated rings. The SMILES string of the molecule is C=C/C=C\C=C(/C)CCCCCCCCO.CCC.[B]c1cc(NCC2C=CC=CC2)n2ncc(C(C)C)c2n1. The molecule has 6 heteroatoms. The van der Waals surface area contributed by atoms with Gasteiger partial charge in [-0.15, -0.1) is 0 Å². The van der Waals surface area contributed by atoms with Crippen LogP contribution in [0.4, 0.5) is 5.82 Å². The highest BCUT2D eigenvalue weighted by molar-refractivity contribution is 6.31. The normalized spacial score (nSPS) is 14.7. The van der Waals surface area contributed by atoms with Crippen LogP contribution in [0.2, 0.25) is 0 Å². The van der Waals surface area contributed by atoms with E-state index in [2.05, 4.69) is 87.0 Å². The fourth-order valence-corrected chi connectivity index (χ4v) is 4.16. The zero-order chi connectivity index (χ0) is 29.6. The fourth-order valence-electron chi connectivity index (χ4n) is 4.16. The van der Waals surface area contributed by atoms with E-state index in [0.717, 1.165) is 36.4 Å². The first kappa shape index (κ1) is 35.2. The summed E-state index contributed by atoms with van der Waals surface area (Å²) in [6, 6.07) is 1.84. The van der Waals surface area contributed by atoms with E-state index in [1.54, 1.807) is 6.08 Å². The van der Waals surface area contributed by atoms with Crippen LogP contribution in [0.15, 0.2) is 73.0 Å². The summed E-state index contributed by atoms with van der Waals surface area (Å²) in [5, 5.41) is 16.5. The maximum absolute atomic E-state index is 8.62. The molecule has 2 aromatic heterocycles. The van der Waals surface area contributed by atoms with Crippen molar-refractivity contribution in [2.75, 3.05) is 18.5 Å². The molecule has 0 spiro atoms. The Morgan fingerprint density at radius 2 is 1.85 bits per heavy atom. The minimum atomic E-state index is 0.345. The Hall–Kier alpha value is -2.86. The Labute approximate surface area is 245 Å². The lowest BCUT2D eigenvalue weighted by Crippen LogP contribution is -2.19. The number of hydrogen-bond acceptors (Lipinski definition) is 4. The molecule has 1 atom stereocenters. The molecule has 0 amide bonds. The minimum Gasteiger partial charge on any atom is -0.396 e. The highest BCUT2D eigenvalue weighted by Crippen LogP contribution is 2.21. The molecule has 0 saturated carbocycles. The first-order chi connectivity index (χ1) is 19.4. The second-order valence-corrected chi connectivity index (χ2v) is 10.7. The number of allylic oxidation sites excluding steroid dienone is 8. The van der Waals surface area contributed by atoms with Gasteiger partial charge in [-0.2, -0.15) is 9.61 Å². The van der Waals surface area contributed by atoms with E-state index in [4.69, 9.17) is 13.0 Å². The first-order valence-electron chi connectivity index (χ1n) is 15.1. The van der Waals surface area contributed by atoms with Crippen molar-refractivity contribution in [3.63, 3.8) is 0 Å². The van der Waals surface area contributed by atoms with Gasteiger partial charge >= 0.3 is 0 Å². The molecule has 0 aromatic carbocycles. The van der Waals surface area contributed by atoms with Crippen molar-refractivity contribution < 1.29 is 5.11 Å². The van der Waals surface area contributed by atoms with Crippen molar-refractivity contribution >= 4 is 24.9 Å². The van der Waals surface area contributed by atoms with Crippen molar-refractivity contribution in [1.29, 1.82) is 0 Å². The molecule has 2 heterocycles. The highest BCUT2D eigenvalue weighted by Gasteiger charge is 2.13. The summed E-state index contributed by atoms with van der Waals surface area (Å²) in [6.45, 7) is 15.5. The molecule has 3 rings (SSSR count). The maximum Gasteiger partial charge on any atom is 0.160 e. The zero-order valence-electron chi connectivity index (χ0n) is 25.8.